The minimum atomic E-state index is -5.08. The largest absolute Gasteiger partial charge is 0.490 e. The second-order valence-electron chi connectivity index (χ2n) is 7.18. The molecule has 0 unspecified atom stereocenters. The van der Waals surface area contributed by atoms with E-state index in [9.17, 15) is 18.0 Å². The van der Waals surface area contributed by atoms with Gasteiger partial charge >= 0.3 is 12.1 Å². The van der Waals surface area contributed by atoms with E-state index in [1.165, 1.54) is 0 Å². The van der Waals surface area contributed by atoms with Gasteiger partial charge in [-0.3, -0.25) is 4.79 Å². The summed E-state index contributed by atoms with van der Waals surface area (Å²) in [5.41, 5.74) is 0.121. The number of alkyl halides is 3. The lowest BCUT2D eigenvalue weighted by Crippen LogP contribution is -2.41. The summed E-state index contributed by atoms with van der Waals surface area (Å²) in [6, 6.07) is 4.02. The Labute approximate surface area is 165 Å². The number of amides is 1. The first-order valence-electron chi connectivity index (χ1n) is 8.56. The number of carboxylic acid groups (broad SMARTS) is 1. The number of carboxylic acids is 1. The van der Waals surface area contributed by atoms with Crippen LogP contribution in [-0.4, -0.2) is 79.9 Å². The van der Waals surface area contributed by atoms with Crippen molar-refractivity contribution in [1.29, 1.82) is 0 Å². The van der Waals surface area contributed by atoms with Gasteiger partial charge < -0.3 is 19.6 Å². The maximum Gasteiger partial charge on any atom is 0.490 e. The van der Waals surface area contributed by atoms with Crippen molar-refractivity contribution < 1.29 is 32.6 Å². The molecular formula is C18H23F3N2O4S. The summed E-state index contributed by atoms with van der Waals surface area (Å²) in [6.07, 6.45) is -1.46. The minimum Gasteiger partial charge on any atom is -0.475 e. The van der Waals surface area contributed by atoms with E-state index in [1.807, 2.05) is 28.5 Å². The van der Waals surface area contributed by atoms with E-state index >= 15 is 0 Å². The van der Waals surface area contributed by atoms with Crippen LogP contribution in [0.25, 0.3) is 6.08 Å². The Bertz CT molecular complexity index is 706. The fourth-order valence-electron chi connectivity index (χ4n) is 3.50. The van der Waals surface area contributed by atoms with Crippen molar-refractivity contribution >= 4 is 29.3 Å². The molecule has 0 spiro atoms. The van der Waals surface area contributed by atoms with Crippen LogP contribution in [0.3, 0.4) is 0 Å². The van der Waals surface area contributed by atoms with Crippen molar-refractivity contribution in [3.05, 3.63) is 28.5 Å². The fourth-order valence-corrected chi connectivity index (χ4v) is 4.12. The minimum absolute atomic E-state index is 0.121. The van der Waals surface area contributed by atoms with Gasteiger partial charge in [-0.2, -0.15) is 13.2 Å². The Balaban J connectivity index is 0.000000345. The van der Waals surface area contributed by atoms with Crippen LogP contribution in [0, 0.1) is 11.3 Å². The monoisotopic (exact) mass is 420 g/mol. The van der Waals surface area contributed by atoms with E-state index in [0.717, 1.165) is 37.7 Å². The van der Waals surface area contributed by atoms with Crippen LogP contribution < -0.4 is 0 Å². The summed E-state index contributed by atoms with van der Waals surface area (Å²) in [6.45, 7) is 4.17. The van der Waals surface area contributed by atoms with Crippen LogP contribution in [0.15, 0.2) is 23.6 Å². The van der Waals surface area contributed by atoms with Gasteiger partial charge in [-0.1, -0.05) is 6.07 Å². The molecule has 0 bridgehead atoms. The summed E-state index contributed by atoms with van der Waals surface area (Å²) in [7, 11) is 4.18. The van der Waals surface area contributed by atoms with Crippen molar-refractivity contribution in [2.24, 2.45) is 11.3 Å². The topological polar surface area (TPSA) is 70.1 Å². The van der Waals surface area contributed by atoms with Crippen LogP contribution in [0.1, 0.15) is 4.88 Å². The molecule has 0 radical (unpaired) electrons. The van der Waals surface area contributed by atoms with Gasteiger partial charge in [0, 0.05) is 41.9 Å². The molecule has 10 heteroatoms. The van der Waals surface area contributed by atoms with Crippen molar-refractivity contribution in [2.45, 2.75) is 6.18 Å². The van der Waals surface area contributed by atoms with Crippen LogP contribution in [-0.2, 0) is 14.3 Å². The third-order valence-electron chi connectivity index (χ3n) is 4.64. The first-order valence-corrected chi connectivity index (χ1v) is 9.44. The lowest BCUT2D eigenvalue weighted by Gasteiger charge is -2.30. The molecule has 3 rings (SSSR count). The van der Waals surface area contributed by atoms with Gasteiger partial charge in [-0.15, -0.1) is 11.3 Å². The predicted octanol–water partition coefficient (Wildman–Crippen LogP) is 2.43. The molecule has 2 atom stereocenters. The number of carbonyl (C=O) groups is 2. The van der Waals surface area contributed by atoms with Gasteiger partial charge in [0.15, 0.2) is 0 Å². The van der Waals surface area contributed by atoms with Crippen molar-refractivity contribution in [3.63, 3.8) is 0 Å². The number of likely N-dealkylation sites (tertiary alicyclic amines) is 1. The van der Waals surface area contributed by atoms with E-state index in [2.05, 4.69) is 19.0 Å². The second-order valence-corrected chi connectivity index (χ2v) is 8.16. The molecule has 0 saturated carbocycles. The zero-order valence-electron chi connectivity index (χ0n) is 15.6. The number of rotatable bonds is 4. The Kier molecular flexibility index (Phi) is 7.24. The summed E-state index contributed by atoms with van der Waals surface area (Å²) < 4.78 is 37.4. The standard InChI is InChI=1S/C16H22N2O2S.C2HF3O2/c1-17(2)10-16-11-18(8-13(16)9-20-12-16)15(19)6-5-14-4-3-7-21-14;3-2(4,5)1(6)7/h3-7,13H,8-12H2,1-2H3;(H,6,7)/b6-5+;/t13-,16+;/m1./s1. The molecule has 2 saturated heterocycles. The highest BCUT2D eigenvalue weighted by Crippen LogP contribution is 2.41. The molecule has 1 N–H and O–H groups in total. The summed E-state index contributed by atoms with van der Waals surface area (Å²) in [5.74, 6) is -2.16. The first-order chi connectivity index (χ1) is 13.0. The smallest absolute Gasteiger partial charge is 0.475 e. The maximum atomic E-state index is 12.4. The van der Waals surface area contributed by atoms with Crippen molar-refractivity contribution in [2.75, 3.05) is 46.9 Å². The normalized spacial score (nSPS) is 24.4. The number of thiophene rings is 1. The molecule has 2 aliphatic rings. The summed E-state index contributed by atoms with van der Waals surface area (Å²) >= 11 is 1.65. The molecule has 2 aliphatic heterocycles. The molecule has 6 nitrogen and oxygen atoms in total. The summed E-state index contributed by atoms with van der Waals surface area (Å²) in [5, 5.41) is 9.15. The molecule has 28 heavy (non-hydrogen) atoms. The zero-order valence-corrected chi connectivity index (χ0v) is 16.4. The van der Waals surface area contributed by atoms with Crippen molar-refractivity contribution in [1.82, 2.24) is 9.80 Å². The van der Waals surface area contributed by atoms with Gasteiger partial charge in [0.25, 0.3) is 0 Å². The predicted molar refractivity (Wildman–Crippen MR) is 98.9 cm³/mol. The Morgan fingerprint density at radius 3 is 2.68 bits per heavy atom. The van der Waals surface area contributed by atoms with Crippen molar-refractivity contribution in [3.8, 4) is 0 Å². The van der Waals surface area contributed by atoms with Gasteiger partial charge in [-0.25, -0.2) is 4.79 Å². The lowest BCUT2D eigenvalue weighted by molar-refractivity contribution is -0.192. The Hall–Kier alpha value is -1.91. The van der Waals surface area contributed by atoms with E-state index in [-0.39, 0.29) is 11.3 Å². The highest BCUT2D eigenvalue weighted by molar-refractivity contribution is 7.10. The molecular weight excluding hydrogens is 397 g/mol. The quantitative estimate of drug-likeness (QED) is 0.758. The highest BCUT2D eigenvalue weighted by atomic mass is 32.1. The van der Waals surface area contributed by atoms with Crippen LogP contribution >= 0.6 is 11.3 Å². The van der Waals surface area contributed by atoms with E-state index < -0.39 is 12.1 Å². The first kappa shape index (κ1) is 22.4. The number of ether oxygens (including phenoxy) is 1. The maximum absolute atomic E-state index is 12.4. The number of aliphatic carboxylic acids is 1. The van der Waals surface area contributed by atoms with Gasteiger partial charge in [0.1, 0.15) is 0 Å². The number of halogens is 3. The molecule has 2 fully saturated rings. The Morgan fingerprint density at radius 1 is 1.46 bits per heavy atom. The highest BCUT2D eigenvalue weighted by Gasteiger charge is 2.51. The Morgan fingerprint density at radius 2 is 2.14 bits per heavy atom. The zero-order chi connectivity index (χ0) is 20.9. The molecule has 3 heterocycles. The number of hydrogen-bond acceptors (Lipinski definition) is 5. The van der Waals surface area contributed by atoms with E-state index in [0.29, 0.717) is 5.92 Å². The molecule has 1 aromatic rings. The van der Waals surface area contributed by atoms with E-state index in [1.54, 1.807) is 17.4 Å². The third kappa shape index (κ3) is 5.79. The average molecular weight is 420 g/mol. The molecule has 0 aromatic carbocycles. The number of carbonyl (C=O) groups excluding carboxylic acids is 1. The number of fused-ring (bicyclic) bond motifs is 1. The van der Waals surface area contributed by atoms with Gasteiger partial charge in [0.2, 0.25) is 5.91 Å². The number of hydrogen-bond donors (Lipinski definition) is 1. The van der Waals surface area contributed by atoms with Crippen LogP contribution in [0.2, 0.25) is 0 Å². The molecule has 156 valence electrons. The van der Waals surface area contributed by atoms with Crippen LogP contribution in [0.4, 0.5) is 13.2 Å². The average Bonchev–Trinajstić information content (AvgIpc) is 3.26. The molecule has 0 aliphatic carbocycles. The SMILES string of the molecule is CN(C)C[C@]12COC[C@H]1CN(C(=O)/C=C/c1cccs1)C2.O=C(O)C(F)(F)F. The fraction of sp³-hybridized carbons (Fsp3) is 0.556. The lowest BCUT2D eigenvalue weighted by atomic mass is 9.81. The van der Waals surface area contributed by atoms with Crippen LogP contribution in [0.5, 0.6) is 0 Å². The van der Waals surface area contributed by atoms with Gasteiger partial charge in [0.05, 0.1) is 13.2 Å². The third-order valence-corrected chi connectivity index (χ3v) is 5.48. The van der Waals surface area contributed by atoms with Gasteiger partial charge in [-0.05, 0) is 31.6 Å². The molecule has 1 aromatic heterocycles. The second kappa shape index (κ2) is 9.06. The number of nitrogens with zero attached hydrogens (tertiary/aromatic N) is 2. The summed E-state index contributed by atoms with van der Waals surface area (Å²) in [4.78, 5) is 26.6. The van der Waals surface area contributed by atoms with E-state index in [4.69, 9.17) is 14.6 Å². The molecule has 1 amide bonds.